The number of ether oxygens (including phenoxy) is 15. The van der Waals surface area contributed by atoms with Crippen LogP contribution in [0.15, 0.2) is 84.9 Å². The van der Waals surface area contributed by atoms with Gasteiger partial charge in [-0.25, -0.2) is 14.4 Å². The third-order valence-electron chi connectivity index (χ3n) is 15.5. The fourth-order valence-electron chi connectivity index (χ4n) is 10.5. The maximum Gasteiger partial charge on any atom is 0.338 e. The topological polar surface area (TPSA) is 507 Å². The molecule has 0 bridgehead atoms. The van der Waals surface area contributed by atoms with Crippen molar-refractivity contribution >= 4 is 42.0 Å². The lowest BCUT2D eigenvalue weighted by molar-refractivity contribution is -0.423. The van der Waals surface area contributed by atoms with E-state index in [-0.39, 0.29) is 28.4 Å². The number of carbonyl (C=O) groups is 5. The summed E-state index contributed by atoms with van der Waals surface area (Å²) in [6.07, 6.45) is -45.3. The average molecular weight is 1340 g/mol. The molecule has 5 saturated heterocycles. The maximum absolute atomic E-state index is 14.3. The van der Waals surface area contributed by atoms with Gasteiger partial charge < -0.3 is 143 Å². The molecule has 5 fully saturated rings. The molecule has 0 spiro atoms. The van der Waals surface area contributed by atoms with Crippen molar-refractivity contribution < 1.29 is 167 Å². The summed E-state index contributed by atoms with van der Waals surface area (Å²) in [6, 6.07) is 16.4. The van der Waals surface area contributed by atoms with Crippen LogP contribution >= 0.6 is 0 Å². The number of aliphatic hydroxyl groups excluding tert-OH is 12. The highest BCUT2D eigenvalue weighted by molar-refractivity contribution is 5.90. The molecule has 5 heterocycles. The molecule has 0 radical (unpaired) electrons. The molecule has 5 aliphatic heterocycles. The molecule has 8 rings (SSSR count). The smallest absolute Gasteiger partial charge is 0.338 e. The minimum Gasteiger partial charge on any atom is -0.508 e. The summed E-state index contributed by atoms with van der Waals surface area (Å²) in [7, 11) is 1.27. The first-order chi connectivity index (χ1) is 44.8. The molecule has 3 aromatic carbocycles. The first-order valence-electron chi connectivity index (χ1n) is 29.1. The van der Waals surface area contributed by atoms with Gasteiger partial charge in [0.25, 0.3) is 0 Å². The zero-order valence-corrected chi connectivity index (χ0v) is 50.2. The lowest BCUT2D eigenvalue weighted by Gasteiger charge is -2.51. The van der Waals surface area contributed by atoms with Crippen molar-refractivity contribution in [3.05, 3.63) is 102 Å². The molecule has 0 unspecified atom stereocenters. The van der Waals surface area contributed by atoms with E-state index in [1.54, 1.807) is 6.07 Å². The van der Waals surface area contributed by atoms with Gasteiger partial charge in [-0.05, 0) is 59.7 Å². The SMILES string of the molecule is COc1cc(/C=C/C(=O)OC[C@@]2(O[C@H]3O[C@H](COC(C)=O)[C@@H](OC(=O)/C=C/c4ccc(O)cc4)[C@H](O[C@@H]4O[C@@H](COC(C)=O)[C@@H](O[C@H]5O[C@@H](CO)[C@@H](O)[C@H](O)[C@H]5O)[C@H](O)[C@H]4O)[C@H]3O[C@H]3O[C@@H](CO)[C@@H](O)[C@H](O)[C@H]3O)O[C@@H](CO)[C@@H](O)[C@@H]2OC(=O)c2ccccc2)ccc1O. The average Bonchev–Trinajstić information content (AvgIpc) is 1.38. The van der Waals surface area contributed by atoms with Crippen molar-refractivity contribution in [3.8, 4) is 17.2 Å². The third kappa shape index (κ3) is 17.4. The van der Waals surface area contributed by atoms with Crippen LogP contribution in [0.25, 0.3) is 12.2 Å². The first-order valence-corrected chi connectivity index (χ1v) is 29.1. The fourth-order valence-corrected chi connectivity index (χ4v) is 10.5. The van der Waals surface area contributed by atoms with Crippen LogP contribution in [-0.4, -0.2) is 295 Å². The van der Waals surface area contributed by atoms with Gasteiger partial charge in [0.2, 0.25) is 5.79 Å². The second-order valence-electron chi connectivity index (χ2n) is 22.0. The van der Waals surface area contributed by atoms with Gasteiger partial charge in [-0.1, -0.05) is 36.4 Å². The summed E-state index contributed by atoms with van der Waals surface area (Å²) in [6.45, 7) is -4.45. The van der Waals surface area contributed by atoms with Crippen LogP contribution in [0.3, 0.4) is 0 Å². The largest absolute Gasteiger partial charge is 0.508 e. The van der Waals surface area contributed by atoms with E-state index in [1.807, 2.05) is 0 Å². The van der Waals surface area contributed by atoms with Crippen LogP contribution in [0, 0.1) is 0 Å². The lowest BCUT2D eigenvalue weighted by Crippen LogP contribution is -2.69. The van der Waals surface area contributed by atoms with Crippen LogP contribution < -0.4 is 4.74 Å². The summed E-state index contributed by atoms with van der Waals surface area (Å²) in [5.74, 6) is -9.14. The van der Waals surface area contributed by atoms with Gasteiger partial charge in [0.05, 0.1) is 32.5 Å². The molecule has 0 saturated carbocycles. The van der Waals surface area contributed by atoms with Crippen molar-refractivity contribution in [2.24, 2.45) is 0 Å². The van der Waals surface area contributed by atoms with Gasteiger partial charge in [-0.3, -0.25) is 9.59 Å². The van der Waals surface area contributed by atoms with Crippen LogP contribution in [0.1, 0.15) is 35.3 Å². The highest BCUT2D eigenvalue weighted by Crippen LogP contribution is 2.43. The van der Waals surface area contributed by atoms with Crippen LogP contribution in [0.5, 0.6) is 17.2 Å². The Hall–Kier alpha value is -6.95. The van der Waals surface area contributed by atoms with Gasteiger partial charge in [0, 0.05) is 26.0 Å². The number of hydrogen-bond donors (Lipinski definition) is 14. The van der Waals surface area contributed by atoms with Crippen molar-refractivity contribution in [2.45, 2.75) is 161 Å². The van der Waals surface area contributed by atoms with E-state index in [0.717, 1.165) is 26.0 Å². The Bertz CT molecular complexity index is 3060. The normalized spacial score (nSPS) is 36.0. The van der Waals surface area contributed by atoms with E-state index in [2.05, 4.69) is 0 Å². The summed E-state index contributed by atoms with van der Waals surface area (Å²) < 4.78 is 88.9. The number of benzene rings is 3. The molecule has 0 aromatic heterocycles. The number of carbonyl (C=O) groups excluding carboxylic acids is 5. The van der Waals surface area contributed by atoms with Crippen molar-refractivity contribution in [1.29, 1.82) is 0 Å². The van der Waals surface area contributed by atoms with E-state index in [0.29, 0.717) is 5.56 Å². The Kier molecular flexibility index (Phi) is 25.3. The fraction of sp³-hybridized carbons (Fsp3) is 0.550. The molecule has 24 atom stereocenters. The molecule has 94 heavy (non-hydrogen) atoms. The first kappa shape index (κ1) is 72.9. The van der Waals surface area contributed by atoms with E-state index in [9.17, 15) is 95.5 Å². The molecular formula is C60H74O34. The zero-order valence-electron chi connectivity index (χ0n) is 50.2. The Morgan fingerprint density at radius 3 is 1.56 bits per heavy atom. The quantitative estimate of drug-likeness (QED) is 0.0215. The minimum atomic E-state index is -3.02. The second-order valence-corrected chi connectivity index (χ2v) is 22.0. The van der Waals surface area contributed by atoms with Gasteiger partial charge in [-0.15, -0.1) is 0 Å². The molecule has 518 valence electrons. The number of hydrogen-bond acceptors (Lipinski definition) is 34. The number of aliphatic hydroxyl groups is 12. The molecule has 34 heteroatoms. The number of phenolic OH excluding ortho intramolecular Hbond substituents is 2. The highest BCUT2D eigenvalue weighted by atomic mass is 16.8. The van der Waals surface area contributed by atoms with Crippen LogP contribution in [-0.2, 0) is 85.5 Å². The minimum absolute atomic E-state index is 0.00624. The maximum atomic E-state index is 14.3. The predicted molar refractivity (Wildman–Crippen MR) is 304 cm³/mol. The summed E-state index contributed by atoms with van der Waals surface area (Å²) in [5, 5.41) is 153. The number of esters is 5. The van der Waals surface area contributed by atoms with Gasteiger partial charge in [0.1, 0.15) is 129 Å². The summed E-state index contributed by atoms with van der Waals surface area (Å²) in [4.78, 5) is 67.5. The van der Waals surface area contributed by atoms with Crippen molar-refractivity contribution in [3.63, 3.8) is 0 Å². The second kappa shape index (κ2) is 32.7. The molecule has 14 N–H and O–H groups in total. The summed E-state index contributed by atoms with van der Waals surface area (Å²) in [5.41, 5.74) is 0.417. The highest BCUT2D eigenvalue weighted by Gasteiger charge is 2.64. The number of aromatic hydroxyl groups is 2. The lowest BCUT2D eigenvalue weighted by atomic mass is 9.95. The van der Waals surface area contributed by atoms with Crippen LogP contribution in [0.4, 0.5) is 0 Å². The van der Waals surface area contributed by atoms with E-state index >= 15 is 0 Å². The predicted octanol–water partition coefficient (Wildman–Crippen LogP) is -4.97. The number of rotatable bonds is 25. The van der Waals surface area contributed by atoms with Crippen LogP contribution in [0.2, 0.25) is 0 Å². The Morgan fingerprint density at radius 2 is 1.00 bits per heavy atom. The Morgan fingerprint density at radius 1 is 0.500 bits per heavy atom. The zero-order chi connectivity index (χ0) is 68.3. The molecule has 5 aliphatic rings. The third-order valence-corrected chi connectivity index (χ3v) is 15.5. The molecular weight excluding hydrogens is 1260 g/mol. The summed E-state index contributed by atoms with van der Waals surface area (Å²) >= 11 is 0. The standard InChI is InChI=1S/C60H74O34/c1-26(64)81-23-37-50(89-56-47(76)44(73)41(70)34(20-61)84-56)46(75)49(78)58(86-37)90-52-51(88-40(69)18-12-28-9-14-31(66)15-10-28)38(24-82-27(2)65)87-59(53(52)91-57-48(77)45(74)42(71)35(21-62)85-57)94-60(25-83-39(68)17-13-29-11-16-32(67)33(19-29)80-3)54(43(72)36(22-63)93-60)92-55(79)30-7-5-4-6-8-30/h4-19,34-38,41-54,56-59,61-63,66-67,70-78H,20-25H2,1-3H3/b17-13+,18-12+/t34-,35-,36-,37-,38+,41+,42+,43+,44-,45-,46+,47+,48+,49+,50+,51+,52-,53+,54-,56+,57+,58-,59+,60-/m0/s1. The van der Waals surface area contributed by atoms with E-state index in [4.69, 9.17) is 71.1 Å². The monoisotopic (exact) mass is 1340 g/mol. The Balaban J connectivity index is 1.28. The van der Waals surface area contributed by atoms with E-state index in [1.165, 1.54) is 86.0 Å². The molecule has 0 amide bonds. The number of phenols is 2. The van der Waals surface area contributed by atoms with Crippen molar-refractivity contribution in [1.82, 2.24) is 0 Å². The van der Waals surface area contributed by atoms with Gasteiger partial charge >= 0.3 is 29.8 Å². The van der Waals surface area contributed by atoms with Gasteiger partial charge in [0.15, 0.2) is 48.9 Å². The van der Waals surface area contributed by atoms with Crippen molar-refractivity contribution in [2.75, 3.05) is 46.8 Å². The Labute approximate surface area is 533 Å². The number of methoxy groups -OCH3 is 1. The molecule has 34 nitrogen and oxygen atoms in total. The molecule has 3 aromatic rings. The van der Waals surface area contributed by atoms with Gasteiger partial charge in [-0.2, -0.15) is 0 Å². The molecule has 0 aliphatic carbocycles. The van der Waals surface area contributed by atoms with E-state index < -0.39 is 216 Å².